The molecule has 0 saturated heterocycles. The molecule has 1 rings (SSSR count). The molecular formula is C12H15BrFNO. The minimum Gasteiger partial charge on any atom is -0.329 e. The average Bonchev–Trinajstić information content (AvgIpc) is 2.23. The molecule has 0 aliphatic rings. The van der Waals surface area contributed by atoms with Gasteiger partial charge in [-0.1, -0.05) is 29.8 Å². The van der Waals surface area contributed by atoms with Crippen molar-refractivity contribution in [2.45, 2.75) is 20.3 Å². The lowest BCUT2D eigenvalue weighted by molar-refractivity contribution is -0.125. The van der Waals surface area contributed by atoms with Crippen LogP contribution in [0.3, 0.4) is 0 Å². The van der Waals surface area contributed by atoms with Crippen LogP contribution < -0.4 is 5.73 Å². The van der Waals surface area contributed by atoms with E-state index in [9.17, 15) is 9.18 Å². The van der Waals surface area contributed by atoms with Crippen LogP contribution in [0.4, 0.5) is 4.39 Å². The molecule has 0 spiro atoms. The van der Waals surface area contributed by atoms with E-state index in [0.717, 1.165) is 4.47 Å². The molecule has 4 heteroatoms. The molecule has 16 heavy (non-hydrogen) atoms. The topological polar surface area (TPSA) is 43.1 Å². The number of benzene rings is 1. The number of rotatable bonds is 4. The lowest BCUT2D eigenvalue weighted by atomic mass is 9.85. The zero-order valence-electron chi connectivity index (χ0n) is 9.39. The molecular weight excluding hydrogens is 273 g/mol. The first-order valence-electron chi connectivity index (χ1n) is 5.04. The molecule has 0 aliphatic carbocycles. The van der Waals surface area contributed by atoms with Gasteiger partial charge in [-0.05, 0) is 23.8 Å². The third-order valence-corrected chi connectivity index (χ3v) is 3.40. The Morgan fingerprint density at radius 2 is 2.12 bits per heavy atom. The van der Waals surface area contributed by atoms with Crippen molar-refractivity contribution in [2.24, 2.45) is 11.1 Å². The van der Waals surface area contributed by atoms with Crippen LogP contribution in [0.15, 0.2) is 22.7 Å². The van der Waals surface area contributed by atoms with E-state index in [-0.39, 0.29) is 18.0 Å². The fourth-order valence-electron chi connectivity index (χ4n) is 1.20. The molecule has 1 aromatic rings. The molecule has 2 nitrogen and oxygen atoms in total. The second-order valence-electron chi connectivity index (χ2n) is 4.42. The molecule has 0 aromatic heterocycles. The van der Waals surface area contributed by atoms with Crippen LogP contribution in [-0.4, -0.2) is 12.3 Å². The van der Waals surface area contributed by atoms with E-state index in [4.69, 9.17) is 5.73 Å². The number of carbonyl (C=O) groups is 1. The molecule has 0 bridgehead atoms. The molecule has 0 fully saturated rings. The van der Waals surface area contributed by atoms with Crippen molar-refractivity contribution in [1.29, 1.82) is 0 Å². The summed E-state index contributed by atoms with van der Waals surface area (Å²) < 4.78 is 13.8. The van der Waals surface area contributed by atoms with Gasteiger partial charge in [0.05, 0.1) is 0 Å². The summed E-state index contributed by atoms with van der Waals surface area (Å²) in [5, 5.41) is 0. The second-order valence-corrected chi connectivity index (χ2v) is 5.28. The maximum Gasteiger partial charge on any atom is 0.144 e. The van der Waals surface area contributed by atoms with Gasteiger partial charge in [0.25, 0.3) is 0 Å². The zero-order valence-corrected chi connectivity index (χ0v) is 11.0. The lowest BCUT2D eigenvalue weighted by Gasteiger charge is -2.20. The van der Waals surface area contributed by atoms with Crippen molar-refractivity contribution in [3.63, 3.8) is 0 Å². The smallest absolute Gasteiger partial charge is 0.144 e. The fourth-order valence-corrected chi connectivity index (χ4v) is 1.59. The van der Waals surface area contributed by atoms with Crippen molar-refractivity contribution >= 4 is 21.7 Å². The Hall–Kier alpha value is -0.740. The second kappa shape index (κ2) is 5.06. The number of Topliss-reactive ketones (excluding diaryl/α,β-unsaturated/α-hetero) is 1. The SMILES string of the molecule is CC(C)(CN)C(=O)Cc1cc(F)ccc1Br. The minimum atomic E-state index is -0.564. The van der Waals surface area contributed by atoms with Crippen LogP contribution in [0.2, 0.25) is 0 Å². The molecule has 88 valence electrons. The van der Waals surface area contributed by atoms with Gasteiger partial charge in [0.2, 0.25) is 0 Å². The molecule has 0 aliphatic heterocycles. The molecule has 0 heterocycles. The van der Waals surface area contributed by atoms with Gasteiger partial charge >= 0.3 is 0 Å². The van der Waals surface area contributed by atoms with E-state index in [0.29, 0.717) is 12.1 Å². The Bertz CT molecular complexity index is 404. The molecule has 2 N–H and O–H groups in total. The highest BCUT2D eigenvalue weighted by molar-refractivity contribution is 9.10. The van der Waals surface area contributed by atoms with E-state index in [1.54, 1.807) is 19.9 Å². The normalized spacial score (nSPS) is 11.6. The summed E-state index contributed by atoms with van der Waals surface area (Å²) in [4.78, 5) is 11.9. The van der Waals surface area contributed by atoms with Gasteiger partial charge in [0, 0.05) is 22.9 Å². The molecule has 1 aromatic carbocycles. The van der Waals surface area contributed by atoms with Gasteiger partial charge in [-0.3, -0.25) is 4.79 Å². The first kappa shape index (κ1) is 13.3. The Morgan fingerprint density at radius 3 is 2.69 bits per heavy atom. The number of halogens is 2. The van der Waals surface area contributed by atoms with Crippen LogP contribution in [0.1, 0.15) is 19.4 Å². The van der Waals surface area contributed by atoms with Crippen molar-refractivity contribution < 1.29 is 9.18 Å². The summed E-state index contributed by atoms with van der Waals surface area (Å²) in [6.07, 6.45) is 0.197. The van der Waals surface area contributed by atoms with Crippen LogP contribution in [0.5, 0.6) is 0 Å². The van der Waals surface area contributed by atoms with E-state index >= 15 is 0 Å². The molecule has 0 radical (unpaired) electrons. The van der Waals surface area contributed by atoms with Gasteiger partial charge in [0.15, 0.2) is 0 Å². The van der Waals surface area contributed by atoms with Crippen LogP contribution in [0, 0.1) is 11.2 Å². The van der Waals surface area contributed by atoms with Gasteiger partial charge in [0.1, 0.15) is 11.6 Å². The Kier molecular flexibility index (Phi) is 4.21. The molecule has 0 saturated carbocycles. The maximum absolute atomic E-state index is 13.0. The standard InChI is InChI=1S/C12H15BrFNO/c1-12(2,7-15)11(16)6-8-5-9(14)3-4-10(8)13/h3-5H,6-7,15H2,1-2H3. The largest absolute Gasteiger partial charge is 0.329 e. The van der Waals surface area contributed by atoms with Crippen molar-refractivity contribution in [2.75, 3.05) is 6.54 Å². The predicted octanol–water partition coefficient (Wildman–Crippen LogP) is 2.68. The summed E-state index contributed by atoms with van der Waals surface area (Å²) in [5.41, 5.74) is 5.62. The maximum atomic E-state index is 13.0. The van der Waals surface area contributed by atoms with E-state index in [2.05, 4.69) is 15.9 Å². The number of ketones is 1. The molecule has 0 amide bonds. The number of hydrogen-bond donors (Lipinski definition) is 1. The Morgan fingerprint density at radius 1 is 1.50 bits per heavy atom. The van der Waals surface area contributed by atoms with E-state index in [1.165, 1.54) is 12.1 Å². The molecule has 0 atom stereocenters. The summed E-state index contributed by atoms with van der Waals surface area (Å²) in [6.45, 7) is 3.88. The number of hydrogen-bond acceptors (Lipinski definition) is 2. The monoisotopic (exact) mass is 287 g/mol. The third kappa shape index (κ3) is 3.12. The summed E-state index contributed by atoms with van der Waals surface area (Å²) >= 11 is 3.30. The van der Waals surface area contributed by atoms with Gasteiger partial charge in [-0.2, -0.15) is 0 Å². The average molecular weight is 288 g/mol. The van der Waals surface area contributed by atoms with Crippen molar-refractivity contribution in [3.05, 3.63) is 34.1 Å². The Labute approximate surface area is 103 Å². The quantitative estimate of drug-likeness (QED) is 0.925. The van der Waals surface area contributed by atoms with Crippen molar-refractivity contribution in [1.82, 2.24) is 0 Å². The highest BCUT2D eigenvalue weighted by Crippen LogP contribution is 2.23. The van der Waals surface area contributed by atoms with E-state index in [1.807, 2.05) is 0 Å². The fraction of sp³-hybridized carbons (Fsp3) is 0.417. The first-order valence-corrected chi connectivity index (χ1v) is 5.83. The lowest BCUT2D eigenvalue weighted by Crippen LogP contribution is -2.33. The highest BCUT2D eigenvalue weighted by atomic mass is 79.9. The predicted molar refractivity (Wildman–Crippen MR) is 65.6 cm³/mol. The van der Waals surface area contributed by atoms with Crippen LogP contribution in [0.25, 0.3) is 0 Å². The third-order valence-electron chi connectivity index (χ3n) is 2.62. The minimum absolute atomic E-state index is 0.0151. The molecule has 0 unspecified atom stereocenters. The highest BCUT2D eigenvalue weighted by Gasteiger charge is 2.26. The van der Waals surface area contributed by atoms with Crippen LogP contribution >= 0.6 is 15.9 Å². The van der Waals surface area contributed by atoms with E-state index < -0.39 is 5.41 Å². The summed E-state index contributed by atoms with van der Waals surface area (Å²) in [7, 11) is 0. The van der Waals surface area contributed by atoms with Gasteiger partial charge < -0.3 is 5.73 Å². The summed E-state index contributed by atoms with van der Waals surface area (Å²) in [5.74, 6) is -0.321. The number of nitrogens with two attached hydrogens (primary N) is 1. The van der Waals surface area contributed by atoms with Gasteiger partial charge in [-0.15, -0.1) is 0 Å². The first-order chi connectivity index (χ1) is 7.36. The Balaban J connectivity index is 2.89. The van der Waals surface area contributed by atoms with Crippen LogP contribution in [-0.2, 0) is 11.2 Å². The van der Waals surface area contributed by atoms with Gasteiger partial charge in [-0.25, -0.2) is 4.39 Å². The van der Waals surface area contributed by atoms with Crippen molar-refractivity contribution in [3.8, 4) is 0 Å². The zero-order chi connectivity index (χ0) is 12.3. The number of carbonyl (C=O) groups excluding carboxylic acids is 1. The summed E-state index contributed by atoms with van der Waals surface area (Å²) in [6, 6.07) is 4.33.